The zero-order valence-corrected chi connectivity index (χ0v) is 8.76. The highest BCUT2D eigenvalue weighted by Gasteiger charge is 2.36. The monoisotopic (exact) mass is 204 g/mol. The third-order valence-electron chi connectivity index (χ3n) is 3.47. The van der Waals surface area contributed by atoms with Crippen molar-refractivity contribution in [3.8, 4) is 5.75 Å². The van der Waals surface area contributed by atoms with Gasteiger partial charge in [0, 0.05) is 31.7 Å². The van der Waals surface area contributed by atoms with Gasteiger partial charge < -0.3 is 5.11 Å². The molecule has 0 radical (unpaired) electrons. The van der Waals surface area contributed by atoms with E-state index in [0.717, 1.165) is 31.7 Å². The zero-order chi connectivity index (χ0) is 10.3. The molecule has 2 atom stereocenters. The van der Waals surface area contributed by atoms with Gasteiger partial charge in [0.2, 0.25) is 0 Å². The van der Waals surface area contributed by atoms with Gasteiger partial charge in [-0.3, -0.25) is 9.80 Å². The highest BCUT2D eigenvalue weighted by Crippen LogP contribution is 2.36. The Morgan fingerprint density at radius 3 is 2.33 bits per heavy atom. The molecule has 2 unspecified atom stereocenters. The molecule has 80 valence electrons. The summed E-state index contributed by atoms with van der Waals surface area (Å²) in [4.78, 5) is 4.91. The van der Waals surface area contributed by atoms with E-state index < -0.39 is 0 Å². The second kappa shape index (κ2) is 3.51. The van der Waals surface area contributed by atoms with Crippen LogP contribution in [-0.2, 0) is 0 Å². The molecule has 2 heterocycles. The predicted molar refractivity (Wildman–Crippen MR) is 58.6 cm³/mol. The summed E-state index contributed by atoms with van der Waals surface area (Å²) in [5.41, 5.74) is 1.06. The molecule has 2 aliphatic rings. The third-order valence-corrected chi connectivity index (χ3v) is 3.47. The Kier molecular flexibility index (Phi) is 2.15. The number of para-hydroxylation sites is 1. The quantitative estimate of drug-likeness (QED) is 0.749. The average molecular weight is 204 g/mol. The number of benzene rings is 1. The molecule has 0 spiro atoms. The van der Waals surface area contributed by atoms with Crippen LogP contribution in [0.15, 0.2) is 24.3 Å². The average Bonchev–Trinajstić information content (AvgIpc) is 2.50. The molecule has 1 aromatic carbocycles. The van der Waals surface area contributed by atoms with Crippen molar-refractivity contribution in [3.63, 3.8) is 0 Å². The van der Waals surface area contributed by atoms with Gasteiger partial charge in [0.1, 0.15) is 5.75 Å². The van der Waals surface area contributed by atoms with Gasteiger partial charge >= 0.3 is 0 Å². The van der Waals surface area contributed by atoms with Gasteiger partial charge in [-0.15, -0.1) is 0 Å². The van der Waals surface area contributed by atoms with Crippen molar-refractivity contribution in [3.05, 3.63) is 29.8 Å². The minimum Gasteiger partial charge on any atom is -0.508 e. The highest BCUT2D eigenvalue weighted by atomic mass is 16.3. The first-order chi connectivity index (χ1) is 7.36. The van der Waals surface area contributed by atoms with Crippen LogP contribution in [0.25, 0.3) is 0 Å². The topological polar surface area (TPSA) is 26.7 Å². The fourth-order valence-corrected chi connectivity index (χ4v) is 2.78. The zero-order valence-electron chi connectivity index (χ0n) is 8.76. The Balaban J connectivity index is 1.97. The van der Waals surface area contributed by atoms with Crippen LogP contribution >= 0.6 is 0 Å². The lowest BCUT2D eigenvalue weighted by molar-refractivity contribution is 0.0906. The summed E-state index contributed by atoms with van der Waals surface area (Å²) >= 11 is 0. The van der Waals surface area contributed by atoms with Crippen LogP contribution < -0.4 is 0 Å². The van der Waals surface area contributed by atoms with E-state index >= 15 is 0 Å². The number of phenols is 1. The predicted octanol–water partition coefficient (Wildman–Crippen LogP) is 1.41. The maximum Gasteiger partial charge on any atom is 0.121 e. The Bertz CT molecular complexity index is 350. The van der Waals surface area contributed by atoms with Crippen LogP contribution in [0.1, 0.15) is 18.2 Å². The maximum atomic E-state index is 9.87. The molecule has 1 N–H and O–H groups in total. The van der Waals surface area contributed by atoms with Crippen LogP contribution in [-0.4, -0.2) is 41.1 Å². The van der Waals surface area contributed by atoms with Gasteiger partial charge in [-0.2, -0.15) is 0 Å². The number of phenolic OH excluding ortho intramolecular Hbond substituents is 1. The number of aromatic hydroxyl groups is 1. The molecule has 2 saturated heterocycles. The molecule has 0 amide bonds. The van der Waals surface area contributed by atoms with Crippen LogP contribution in [0.5, 0.6) is 5.75 Å². The second-order valence-corrected chi connectivity index (χ2v) is 4.36. The van der Waals surface area contributed by atoms with E-state index in [4.69, 9.17) is 0 Å². The molecule has 2 bridgehead atoms. The van der Waals surface area contributed by atoms with E-state index in [9.17, 15) is 5.11 Å². The molecule has 0 aliphatic carbocycles. The van der Waals surface area contributed by atoms with Crippen molar-refractivity contribution >= 4 is 0 Å². The lowest BCUT2D eigenvalue weighted by Crippen LogP contribution is -2.37. The van der Waals surface area contributed by atoms with Crippen LogP contribution in [0.4, 0.5) is 0 Å². The second-order valence-electron chi connectivity index (χ2n) is 4.36. The molecule has 1 aromatic rings. The summed E-state index contributed by atoms with van der Waals surface area (Å²) in [7, 11) is 0. The van der Waals surface area contributed by atoms with E-state index in [1.807, 2.05) is 18.2 Å². The van der Waals surface area contributed by atoms with Crippen LogP contribution in [0, 0.1) is 0 Å². The number of rotatable bonds is 1. The van der Waals surface area contributed by atoms with Crippen LogP contribution in [0.3, 0.4) is 0 Å². The van der Waals surface area contributed by atoms with E-state index in [0.29, 0.717) is 11.9 Å². The molecule has 2 aliphatic heterocycles. The minimum absolute atomic E-state index is 0.319. The number of hydrogen-bond acceptors (Lipinski definition) is 3. The Morgan fingerprint density at radius 1 is 1.00 bits per heavy atom. The Morgan fingerprint density at radius 2 is 1.67 bits per heavy atom. The van der Waals surface area contributed by atoms with Crippen molar-refractivity contribution in [2.75, 3.05) is 26.2 Å². The van der Waals surface area contributed by atoms with Crippen molar-refractivity contribution in [1.82, 2.24) is 9.80 Å². The summed E-state index contributed by atoms with van der Waals surface area (Å²) in [6.45, 7) is 4.60. The molecule has 3 nitrogen and oxygen atoms in total. The first kappa shape index (κ1) is 9.19. The summed E-state index contributed by atoms with van der Waals surface area (Å²) in [5, 5.41) is 9.87. The number of nitrogens with zero attached hydrogens (tertiary/aromatic N) is 2. The fraction of sp³-hybridized carbons (Fsp3) is 0.500. The normalized spacial score (nSPS) is 34.3. The van der Waals surface area contributed by atoms with Gasteiger partial charge in [0.05, 0.1) is 6.17 Å². The molecule has 3 rings (SSSR count). The first-order valence-corrected chi connectivity index (χ1v) is 5.62. The SMILES string of the molecule is Oc1ccccc1C1N2CCCN1CC2. The Hall–Kier alpha value is -1.06. The molecule has 0 saturated carbocycles. The van der Waals surface area contributed by atoms with Crippen molar-refractivity contribution in [2.24, 2.45) is 0 Å². The van der Waals surface area contributed by atoms with Crippen molar-refractivity contribution in [2.45, 2.75) is 12.6 Å². The number of hydrogen-bond donors (Lipinski definition) is 1. The molecule has 0 aromatic heterocycles. The molecule has 15 heavy (non-hydrogen) atoms. The van der Waals surface area contributed by atoms with Crippen molar-refractivity contribution in [1.29, 1.82) is 0 Å². The van der Waals surface area contributed by atoms with Crippen molar-refractivity contribution < 1.29 is 5.11 Å². The lowest BCUT2D eigenvalue weighted by atomic mass is 10.1. The van der Waals surface area contributed by atoms with E-state index in [1.165, 1.54) is 6.42 Å². The minimum atomic E-state index is 0.319. The van der Waals surface area contributed by atoms with Gasteiger partial charge in [-0.05, 0) is 12.5 Å². The van der Waals surface area contributed by atoms with Gasteiger partial charge in [0.15, 0.2) is 0 Å². The smallest absolute Gasteiger partial charge is 0.121 e. The number of fused-ring (bicyclic) bond motifs is 2. The van der Waals surface area contributed by atoms with Gasteiger partial charge in [-0.1, -0.05) is 18.2 Å². The van der Waals surface area contributed by atoms with Crippen LogP contribution in [0.2, 0.25) is 0 Å². The van der Waals surface area contributed by atoms with E-state index in [1.54, 1.807) is 6.07 Å². The summed E-state index contributed by atoms with van der Waals surface area (Å²) in [5.74, 6) is 0.432. The van der Waals surface area contributed by atoms with E-state index in [-0.39, 0.29) is 0 Å². The standard InChI is InChI=1S/C12H16N2O/c15-11-5-2-1-4-10(11)12-13-6-3-7-14(12)9-8-13/h1-2,4-5,12,15H,3,6-9H2. The van der Waals surface area contributed by atoms with Gasteiger partial charge in [0.25, 0.3) is 0 Å². The summed E-state index contributed by atoms with van der Waals surface area (Å²) in [6, 6.07) is 7.71. The molecule has 3 heteroatoms. The molecular weight excluding hydrogens is 188 g/mol. The van der Waals surface area contributed by atoms with Gasteiger partial charge in [-0.25, -0.2) is 0 Å². The third kappa shape index (κ3) is 1.43. The first-order valence-electron chi connectivity index (χ1n) is 5.62. The largest absolute Gasteiger partial charge is 0.508 e. The summed E-state index contributed by atoms with van der Waals surface area (Å²) < 4.78 is 0. The maximum absolute atomic E-state index is 9.87. The fourth-order valence-electron chi connectivity index (χ4n) is 2.78. The summed E-state index contributed by atoms with van der Waals surface area (Å²) in [6.07, 6.45) is 1.57. The van der Waals surface area contributed by atoms with E-state index in [2.05, 4.69) is 9.80 Å². The Labute approximate surface area is 89.9 Å². The molecule has 2 fully saturated rings. The molecular formula is C12H16N2O. The lowest BCUT2D eigenvalue weighted by Gasteiger charge is -2.35. The highest BCUT2D eigenvalue weighted by molar-refractivity contribution is 5.35.